The van der Waals surface area contributed by atoms with Crippen molar-refractivity contribution < 1.29 is 10.2 Å². The van der Waals surface area contributed by atoms with E-state index in [2.05, 4.69) is 15.3 Å². The Morgan fingerprint density at radius 3 is 2.75 bits per heavy atom. The van der Waals surface area contributed by atoms with Crippen LogP contribution >= 0.6 is 0 Å². The van der Waals surface area contributed by atoms with Crippen molar-refractivity contribution in [3.8, 4) is 5.75 Å². The standard InChI is InChI=1S/C15H19N3O2/c1-10(14-5-3-4-6-16-14)18-8-13-12(9-19)7-17-11(2)15(13)20/h3-7,10,18-20H,8-9H2,1-2H3. The SMILES string of the molecule is Cc1ncc(CO)c(CNC(C)c2ccccn2)c1O. The molecular formula is C15H19N3O2. The van der Waals surface area contributed by atoms with E-state index in [-0.39, 0.29) is 18.4 Å². The summed E-state index contributed by atoms with van der Waals surface area (Å²) in [6.07, 6.45) is 3.35. The van der Waals surface area contributed by atoms with Crippen molar-refractivity contribution in [3.63, 3.8) is 0 Å². The maximum absolute atomic E-state index is 10.1. The van der Waals surface area contributed by atoms with Crippen LogP contribution in [0, 0.1) is 6.92 Å². The molecule has 0 fully saturated rings. The zero-order chi connectivity index (χ0) is 14.5. The van der Waals surface area contributed by atoms with Crippen LogP contribution in [0.1, 0.15) is 35.5 Å². The second-order valence-corrected chi connectivity index (χ2v) is 4.71. The third kappa shape index (κ3) is 3.12. The Balaban J connectivity index is 2.13. The molecule has 5 heteroatoms. The molecule has 5 nitrogen and oxygen atoms in total. The average molecular weight is 273 g/mol. The summed E-state index contributed by atoms with van der Waals surface area (Å²) in [7, 11) is 0. The number of aromatic nitrogens is 2. The second kappa shape index (κ2) is 6.45. The molecule has 20 heavy (non-hydrogen) atoms. The number of aryl methyl sites for hydroxylation is 1. The number of aromatic hydroxyl groups is 1. The summed E-state index contributed by atoms with van der Waals surface area (Å²) in [5, 5.41) is 22.7. The van der Waals surface area contributed by atoms with Gasteiger partial charge in [0.2, 0.25) is 0 Å². The Morgan fingerprint density at radius 1 is 1.30 bits per heavy atom. The van der Waals surface area contributed by atoms with Crippen molar-refractivity contribution >= 4 is 0 Å². The van der Waals surface area contributed by atoms with Gasteiger partial charge in [0.1, 0.15) is 5.75 Å². The Hall–Kier alpha value is -1.98. The molecule has 0 amide bonds. The molecule has 0 saturated carbocycles. The lowest BCUT2D eigenvalue weighted by atomic mass is 10.1. The molecule has 2 heterocycles. The Kier molecular flexibility index (Phi) is 4.65. The zero-order valence-corrected chi connectivity index (χ0v) is 11.7. The van der Waals surface area contributed by atoms with Gasteiger partial charge in [-0.25, -0.2) is 0 Å². The van der Waals surface area contributed by atoms with Crippen molar-refractivity contribution in [2.24, 2.45) is 0 Å². The van der Waals surface area contributed by atoms with Crippen LogP contribution in [0.15, 0.2) is 30.6 Å². The van der Waals surface area contributed by atoms with Gasteiger partial charge in [0.15, 0.2) is 0 Å². The first-order chi connectivity index (χ1) is 9.63. The van der Waals surface area contributed by atoms with Crippen molar-refractivity contribution in [1.82, 2.24) is 15.3 Å². The van der Waals surface area contributed by atoms with E-state index in [9.17, 15) is 10.2 Å². The number of aliphatic hydroxyl groups excluding tert-OH is 1. The van der Waals surface area contributed by atoms with Gasteiger partial charge in [-0.1, -0.05) is 6.07 Å². The minimum absolute atomic E-state index is 0.0515. The minimum Gasteiger partial charge on any atom is -0.506 e. The lowest BCUT2D eigenvalue weighted by molar-refractivity contribution is 0.278. The highest BCUT2D eigenvalue weighted by Gasteiger charge is 2.13. The maximum atomic E-state index is 10.1. The van der Waals surface area contributed by atoms with Gasteiger partial charge in [0.05, 0.1) is 18.0 Å². The molecule has 2 rings (SSSR count). The molecule has 0 aliphatic rings. The lowest BCUT2D eigenvalue weighted by Crippen LogP contribution is -2.20. The van der Waals surface area contributed by atoms with Gasteiger partial charge >= 0.3 is 0 Å². The van der Waals surface area contributed by atoms with E-state index in [4.69, 9.17) is 0 Å². The number of hydrogen-bond acceptors (Lipinski definition) is 5. The van der Waals surface area contributed by atoms with Crippen LogP contribution in [0.5, 0.6) is 5.75 Å². The minimum atomic E-state index is -0.143. The molecule has 1 unspecified atom stereocenters. The van der Waals surface area contributed by atoms with Crippen LogP contribution in [-0.2, 0) is 13.2 Å². The highest BCUT2D eigenvalue weighted by atomic mass is 16.3. The molecule has 0 spiro atoms. The first kappa shape index (κ1) is 14.4. The second-order valence-electron chi connectivity index (χ2n) is 4.71. The summed E-state index contributed by atoms with van der Waals surface area (Å²) >= 11 is 0. The van der Waals surface area contributed by atoms with Crippen LogP contribution in [-0.4, -0.2) is 20.2 Å². The third-order valence-electron chi connectivity index (χ3n) is 3.32. The van der Waals surface area contributed by atoms with Gasteiger partial charge in [-0.15, -0.1) is 0 Å². The summed E-state index contributed by atoms with van der Waals surface area (Å²) < 4.78 is 0. The van der Waals surface area contributed by atoms with E-state index in [0.717, 1.165) is 5.69 Å². The lowest BCUT2D eigenvalue weighted by Gasteiger charge is -2.16. The summed E-state index contributed by atoms with van der Waals surface area (Å²) in [5.74, 6) is 0.136. The average Bonchev–Trinajstić information content (AvgIpc) is 2.49. The maximum Gasteiger partial charge on any atom is 0.141 e. The molecule has 2 aromatic heterocycles. The molecule has 0 aliphatic heterocycles. The molecule has 0 saturated heterocycles. The molecule has 0 aliphatic carbocycles. The van der Waals surface area contributed by atoms with Gasteiger partial charge in [-0.2, -0.15) is 0 Å². The highest BCUT2D eigenvalue weighted by molar-refractivity contribution is 5.40. The van der Waals surface area contributed by atoms with Crippen molar-refractivity contribution in [3.05, 3.63) is 53.1 Å². The molecular weight excluding hydrogens is 254 g/mol. The number of nitrogens with one attached hydrogen (secondary N) is 1. The predicted octanol–water partition coefficient (Wildman–Crippen LogP) is 1.83. The van der Waals surface area contributed by atoms with E-state index >= 15 is 0 Å². The van der Waals surface area contributed by atoms with Crippen LogP contribution < -0.4 is 5.32 Å². The number of pyridine rings is 2. The Bertz CT molecular complexity index is 573. The predicted molar refractivity (Wildman–Crippen MR) is 76.1 cm³/mol. The quantitative estimate of drug-likeness (QED) is 0.774. The number of hydrogen-bond donors (Lipinski definition) is 3. The van der Waals surface area contributed by atoms with Gasteiger partial charge in [0.25, 0.3) is 0 Å². The number of aliphatic hydroxyl groups is 1. The smallest absolute Gasteiger partial charge is 0.141 e. The highest BCUT2D eigenvalue weighted by Crippen LogP contribution is 2.24. The monoisotopic (exact) mass is 273 g/mol. The van der Waals surface area contributed by atoms with Crippen molar-refractivity contribution in [2.45, 2.75) is 33.0 Å². The number of nitrogens with zero attached hydrogens (tertiary/aromatic N) is 2. The normalized spacial score (nSPS) is 12.3. The largest absolute Gasteiger partial charge is 0.506 e. The van der Waals surface area contributed by atoms with Gasteiger partial charge in [-0.05, 0) is 26.0 Å². The fraction of sp³-hybridized carbons (Fsp3) is 0.333. The third-order valence-corrected chi connectivity index (χ3v) is 3.32. The van der Waals surface area contributed by atoms with Crippen molar-refractivity contribution in [2.75, 3.05) is 0 Å². The van der Waals surface area contributed by atoms with E-state index < -0.39 is 0 Å². The molecule has 106 valence electrons. The summed E-state index contributed by atoms with van der Waals surface area (Å²) in [4.78, 5) is 8.33. The summed E-state index contributed by atoms with van der Waals surface area (Å²) in [6.45, 7) is 4.05. The fourth-order valence-electron chi connectivity index (χ4n) is 2.01. The molecule has 1 atom stereocenters. The molecule has 0 radical (unpaired) electrons. The van der Waals surface area contributed by atoms with E-state index in [0.29, 0.717) is 23.4 Å². The molecule has 2 aromatic rings. The van der Waals surface area contributed by atoms with Crippen LogP contribution in [0.4, 0.5) is 0 Å². The molecule has 0 bridgehead atoms. The summed E-state index contributed by atoms with van der Waals surface area (Å²) in [5.41, 5.74) is 2.81. The van der Waals surface area contributed by atoms with Crippen LogP contribution in [0.25, 0.3) is 0 Å². The van der Waals surface area contributed by atoms with Crippen LogP contribution in [0.2, 0.25) is 0 Å². The zero-order valence-electron chi connectivity index (χ0n) is 11.7. The van der Waals surface area contributed by atoms with Crippen LogP contribution in [0.3, 0.4) is 0 Å². The Labute approximate surface area is 118 Å². The first-order valence-electron chi connectivity index (χ1n) is 6.55. The van der Waals surface area contributed by atoms with Gasteiger partial charge in [-0.3, -0.25) is 9.97 Å². The first-order valence-corrected chi connectivity index (χ1v) is 6.55. The fourth-order valence-corrected chi connectivity index (χ4v) is 2.01. The Morgan fingerprint density at radius 2 is 2.10 bits per heavy atom. The van der Waals surface area contributed by atoms with Crippen molar-refractivity contribution in [1.29, 1.82) is 0 Å². The topological polar surface area (TPSA) is 78.3 Å². The van der Waals surface area contributed by atoms with Gasteiger partial charge < -0.3 is 15.5 Å². The molecule has 0 aromatic carbocycles. The number of rotatable bonds is 5. The summed E-state index contributed by atoms with van der Waals surface area (Å²) in [6, 6.07) is 5.81. The molecule has 3 N–H and O–H groups in total. The van der Waals surface area contributed by atoms with E-state index in [1.54, 1.807) is 19.3 Å². The van der Waals surface area contributed by atoms with E-state index in [1.807, 2.05) is 25.1 Å². The van der Waals surface area contributed by atoms with Gasteiger partial charge in [0, 0.05) is 36.1 Å². The van der Waals surface area contributed by atoms with E-state index in [1.165, 1.54) is 0 Å².